The van der Waals surface area contributed by atoms with E-state index in [2.05, 4.69) is 21.2 Å². The lowest BCUT2D eigenvalue weighted by Crippen LogP contribution is -2.47. The number of ether oxygens (including phenoxy) is 2. The van der Waals surface area contributed by atoms with Gasteiger partial charge in [0.15, 0.2) is 5.78 Å². The Kier molecular flexibility index (Phi) is 8.31. The van der Waals surface area contributed by atoms with E-state index in [0.717, 1.165) is 5.56 Å². The highest BCUT2D eigenvalue weighted by molar-refractivity contribution is 9.10. The number of alkyl halides is 1. The van der Waals surface area contributed by atoms with Crippen LogP contribution in [0, 0.1) is 0 Å². The van der Waals surface area contributed by atoms with Gasteiger partial charge < -0.3 is 14.8 Å². The van der Waals surface area contributed by atoms with E-state index in [-0.39, 0.29) is 19.0 Å². The van der Waals surface area contributed by atoms with Crippen molar-refractivity contribution in [1.82, 2.24) is 5.32 Å². The first-order valence-corrected chi connectivity index (χ1v) is 9.31. The van der Waals surface area contributed by atoms with Crippen molar-refractivity contribution in [1.29, 1.82) is 0 Å². The van der Waals surface area contributed by atoms with E-state index in [1.54, 1.807) is 31.2 Å². The number of halogens is 1. The molecule has 5 nitrogen and oxygen atoms in total. The average Bonchev–Trinajstić information content (AvgIpc) is 2.68. The van der Waals surface area contributed by atoms with Crippen LogP contribution < -0.4 is 5.32 Å². The summed E-state index contributed by atoms with van der Waals surface area (Å²) in [4.78, 5) is 23.9. The van der Waals surface area contributed by atoms with E-state index < -0.39 is 17.0 Å². The number of amides is 1. The summed E-state index contributed by atoms with van der Waals surface area (Å²) in [6.07, 6.45) is -0.578. The number of benzene rings is 2. The zero-order valence-corrected chi connectivity index (χ0v) is 16.1. The van der Waals surface area contributed by atoms with Crippen molar-refractivity contribution in [3.8, 4) is 0 Å². The van der Waals surface area contributed by atoms with Crippen LogP contribution in [-0.2, 0) is 16.1 Å². The molecule has 1 amide bonds. The molecule has 138 valence electrons. The smallest absolute Gasteiger partial charge is 0.407 e. The van der Waals surface area contributed by atoms with Crippen LogP contribution in [0.3, 0.4) is 0 Å². The minimum Gasteiger partial charge on any atom is -0.450 e. The van der Waals surface area contributed by atoms with Crippen molar-refractivity contribution in [2.75, 3.05) is 13.2 Å². The summed E-state index contributed by atoms with van der Waals surface area (Å²) >= 11 is 3.41. The largest absolute Gasteiger partial charge is 0.450 e. The SMILES string of the molecule is CCOC(=O)NC(COCc1ccccc1)C(Br)C(=O)c1ccccc1. The summed E-state index contributed by atoms with van der Waals surface area (Å²) in [6, 6.07) is 18.1. The molecule has 1 N–H and O–H groups in total. The zero-order chi connectivity index (χ0) is 18.8. The molecule has 0 bridgehead atoms. The lowest BCUT2D eigenvalue weighted by molar-refractivity contribution is 0.0813. The Hall–Kier alpha value is -2.18. The van der Waals surface area contributed by atoms with E-state index in [1.807, 2.05) is 36.4 Å². The molecule has 0 heterocycles. The van der Waals surface area contributed by atoms with Gasteiger partial charge in [-0.1, -0.05) is 76.6 Å². The van der Waals surface area contributed by atoms with Crippen LogP contribution in [0.4, 0.5) is 4.79 Å². The summed E-state index contributed by atoms with van der Waals surface area (Å²) < 4.78 is 10.7. The van der Waals surface area contributed by atoms with Gasteiger partial charge in [-0.15, -0.1) is 0 Å². The van der Waals surface area contributed by atoms with Gasteiger partial charge in [0.1, 0.15) is 4.83 Å². The molecule has 0 saturated heterocycles. The predicted octanol–water partition coefficient (Wildman–Crippen LogP) is 3.96. The molecule has 0 aliphatic rings. The molecule has 2 aromatic carbocycles. The minimum atomic E-state index is -0.634. The number of ketones is 1. The van der Waals surface area contributed by atoms with Crippen LogP contribution in [0.2, 0.25) is 0 Å². The fourth-order valence-electron chi connectivity index (χ4n) is 2.35. The molecular formula is C20H22BrNO4. The van der Waals surface area contributed by atoms with Crippen LogP contribution >= 0.6 is 15.9 Å². The fraction of sp³-hybridized carbons (Fsp3) is 0.300. The van der Waals surface area contributed by atoms with E-state index >= 15 is 0 Å². The van der Waals surface area contributed by atoms with Gasteiger partial charge in [-0.3, -0.25) is 4.79 Å². The number of hydrogen-bond acceptors (Lipinski definition) is 4. The van der Waals surface area contributed by atoms with Crippen LogP contribution in [-0.4, -0.2) is 36.0 Å². The van der Waals surface area contributed by atoms with Gasteiger partial charge in [-0.25, -0.2) is 4.79 Å². The topological polar surface area (TPSA) is 64.6 Å². The number of rotatable bonds is 9. The Morgan fingerprint density at radius 1 is 1.04 bits per heavy atom. The second kappa shape index (κ2) is 10.7. The number of nitrogens with one attached hydrogen (secondary N) is 1. The molecule has 26 heavy (non-hydrogen) atoms. The van der Waals surface area contributed by atoms with Gasteiger partial charge in [-0.2, -0.15) is 0 Å². The number of carbonyl (C=O) groups excluding carboxylic acids is 2. The minimum absolute atomic E-state index is 0.129. The Morgan fingerprint density at radius 3 is 2.27 bits per heavy atom. The Bertz CT molecular complexity index is 693. The molecule has 2 rings (SSSR count). The van der Waals surface area contributed by atoms with Gasteiger partial charge in [0, 0.05) is 5.56 Å². The van der Waals surface area contributed by atoms with Gasteiger partial charge in [0.05, 0.1) is 25.9 Å². The Labute approximate surface area is 161 Å². The maximum Gasteiger partial charge on any atom is 0.407 e. The standard InChI is InChI=1S/C20H22BrNO4/c1-2-26-20(24)22-17(14-25-13-15-9-5-3-6-10-15)18(21)19(23)16-11-7-4-8-12-16/h3-12,17-18H,2,13-14H2,1H3,(H,22,24). The van der Waals surface area contributed by atoms with Crippen LogP contribution in [0.15, 0.2) is 60.7 Å². The molecule has 0 saturated carbocycles. The summed E-state index contributed by atoms with van der Waals surface area (Å²) in [5.74, 6) is -0.129. The molecule has 2 unspecified atom stereocenters. The van der Waals surface area contributed by atoms with E-state index in [4.69, 9.17) is 9.47 Å². The van der Waals surface area contributed by atoms with Crippen molar-refractivity contribution in [2.45, 2.75) is 24.4 Å². The van der Waals surface area contributed by atoms with Crippen molar-refractivity contribution >= 4 is 27.8 Å². The van der Waals surface area contributed by atoms with Gasteiger partial charge >= 0.3 is 6.09 Å². The van der Waals surface area contributed by atoms with Crippen molar-refractivity contribution < 1.29 is 19.1 Å². The zero-order valence-electron chi connectivity index (χ0n) is 14.6. The summed E-state index contributed by atoms with van der Waals surface area (Å²) in [5.41, 5.74) is 1.58. The molecule has 0 fully saturated rings. The molecule has 6 heteroatoms. The number of carbonyl (C=O) groups is 2. The van der Waals surface area contributed by atoms with E-state index in [1.165, 1.54) is 0 Å². The summed E-state index contributed by atoms with van der Waals surface area (Å²) in [6.45, 7) is 2.54. The third kappa shape index (κ3) is 6.28. The van der Waals surface area contributed by atoms with E-state index in [0.29, 0.717) is 12.2 Å². The molecule has 0 spiro atoms. The predicted molar refractivity (Wildman–Crippen MR) is 104 cm³/mol. The molecule has 0 aliphatic heterocycles. The van der Waals surface area contributed by atoms with Crippen molar-refractivity contribution in [2.24, 2.45) is 0 Å². The Morgan fingerprint density at radius 2 is 1.65 bits per heavy atom. The van der Waals surface area contributed by atoms with Gasteiger partial charge in [0.25, 0.3) is 0 Å². The van der Waals surface area contributed by atoms with Crippen molar-refractivity contribution in [3.05, 3.63) is 71.8 Å². The molecule has 0 radical (unpaired) electrons. The highest BCUT2D eigenvalue weighted by Crippen LogP contribution is 2.15. The molecule has 0 aliphatic carbocycles. The first kappa shape index (κ1) is 20.1. The Balaban J connectivity index is 2.01. The second-order valence-corrected chi connectivity index (χ2v) is 6.59. The third-order valence-corrected chi connectivity index (χ3v) is 4.70. The summed E-state index contributed by atoms with van der Waals surface area (Å²) in [7, 11) is 0. The van der Waals surface area contributed by atoms with Crippen LogP contribution in [0.1, 0.15) is 22.8 Å². The number of Topliss-reactive ketones (excluding diaryl/α,β-unsaturated/α-hetero) is 1. The molecule has 0 aromatic heterocycles. The molecular weight excluding hydrogens is 398 g/mol. The fourth-order valence-corrected chi connectivity index (χ4v) is 2.89. The second-order valence-electron chi connectivity index (χ2n) is 5.60. The first-order chi connectivity index (χ1) is 12.6. The lowest BCUT2D eigenvalue weighted by Gasteiger charge is -2.23. The quantitative estimate of drug-likeness (QED) is 0.493. The molecule has 2 atom stereocenters. The highest BCUT2D eigenvalue weighted by Gasteiger charge is 2.28. The van der Waals surface area contributed by atoms with Crippen molar-refractivity contribution in [3.63, 3.8) is 0 Å². The van der Waals surface area contributed by atoms with Crippen LogP contribution in [0.25, 0.3) is 0 Å². The molecule has 2 aromatic rings. The van der Waals surface area contributed by atoms with Gasteiger partial charge in [0.2, 0.25) is 0 Å². The summed E-state index contributed by atoms with van der Waals surface area (Å²) in [5, 5.41) is 2.70. The van der Waals surface area contributed by atoms with Crippen LogP contribution in [0.5, 0.6) is 0 Å². The maximum atomic E-state index is 12.7. The monoisotopic (exact) mass is 419 g/mol. The number of alkyl carbamates (subject to hydrolysis) is 1. The highest BCUT2D eigenvalue weighted by atomic mass is 79.9. The average molecular weight is 420 g/mol. The third-order valence-electron chi connectivity index (χ3n) is 3.65. The van der Waals surface area contributed by atoms with Gasteiger partial charge in [-0.05, 0) is 12.5 Å². The normalized spacial score (nSPS) is 12.8. The lowest BCUT2D eigenvalue weighted by atomic mass is 10.0. The van der Waals surface area contributed by atoms with E-state index in [9.17, 15) is 9.59 Å². The first-order valence-electron chi connectivity index (χ1n) is 8.40. The maximum absolute atomic E-state index is 12.7. The number of hydrogen-bond donors (Lipinski definition) is 1.